The summed E-state index contributed by atoms with van der Waals surface area (Å²) in [5.74, 6) is -0.919. The summed E-state index contributed by atoms with van der Waals surface area (Å²) in [6, 6.07) is 0. The lowest BCUT2D eigenvalue weighted by atomic mass is 10.0. The van der Waals surface area contributed by atoms with Crippen molar-refractivity contribution in [2.45, 2.75) is 187 Å². The number of hydrogen-bond donors (Lipinski definition) is 3. The molecule has 46 heavy (non-hydrogen) atoms. The minimum Gasteiger partial charge on any atom is -0.462 e. The van der Waals surface area contributed by atoms with Crippen LogP contribution in [0.1, 0.15) is 174 Å². The molecule has 0 rings (SSSR count). The van der Waals surface area contributed by atoms with E-state index in [1.165, 1.54) is 103 Å². The third-order valence-electron chi connectivity index (χ3n) is 8.01. The van der Waals surface area contributed by atoms with Gasteiger partial charge in [0.2, 0.25) is 0 Å². The van der Waals surface area contributed by atoms with Gasteiger partial charge < -0.3 is 24.6 Å². The lowest BCUT2D eigenvalue weighted by molar-refractivity contribution is -0.161. The predicted molar refractivity (Wildman–Crippen MR) is 182 cm³/mol. The van der Waals surface area contributed by atoms with Crippen LogP contribution < -0.4 is 0 Å². The van der Waals surface area contributed by atoms with E-state index in [-0.39, 0.29) is 19.4 Å². The van der Waals surface area contributed by atoms with E-state index in [9.17, 15) is 24.2 Å². The summed E-state index contributed by atoms with van der Waals surface area (Å²) in [4.78, 5) is 34.7. The maximum absolute atomic E-state index is 12.5. The third-order valence-corrected chi connectivity index (χ3v) is 8.96. The molecule has 0 fully saturated rings. The van der Waals surface area contributed by atoms with Crippen molar-refractivity contribution in [3.63, 3.8) is 0 Å². The van der Waals surface area contributed by atoms with Crippen LogP contribution in [0.15, 0.2) is 0 Å². The highest BCUT2D eigenvalue weighted by Crippen LogP contribution is 2.43. The molecule has 0 saturated heterocycles. The second-order valence-corrected chi connectivity index (χ2v) is 14.1. The first-order valence-electron chi connectivity index (χ1n) is 18.5. The van der Waals surface area contributed by atoms with Crippen LogP contribution in [0.3, 0.4) is 0 Å². The van der Waals surface area contributed by atoms with Crippen LogP contribution in [-0.4, -0.2) is 65.7 Å². The van der Waals surface area contributed by atoms with E-state index in [0.717, 1.165) is 32.1 Å². The molecule has 0 bridgehead atoms. The summed E-state index contributed by atoms with van der Waals surface area (Å²) in [6.07, 6.45) is 25.1. The zero-order chi connectivity index (χ0) is 34.1. The standard InChI is InChI=1S/C35H69O10P/c1-3-5-7-9-11-13-14-15-16-17-19-20-22-24-26-34(38)42-30-33(31-44-46(40,41)43-29-32(37)28-36)45-35(39)27-25-23-21-18-12-10-8-6-4-2/h32-33,36-37H,3-31H2,1-2H3,(H,40,41)/t32-,33+/m0/s1. The molecule has 0 aliphatic rings. The van der Waals surface area contributed by atoms with Gasteiger partial charge in [-0.2, -0.15) is 0 Å². The van der Waals surface area contributed by atoms with E-state index in [1.807, 2.05) is 0 Å². The number of ether oxygens (including phenoxy) is 2. The van der Waals surface area contributed by atoms with E-state index >= 15 is 0 Å². The van der Waals surface area contributed by atoms with Gasteiger partial charge in [0.05, 0.1) is 19.8 Å². The van der Waals surface area contributed by atoms with E-state index in [1.54, 1.807) is 0 Å². The molecular formula is C35H69O10P. The first-order chi connectivity index (χ1) is 22.2. The fourth-order valence-electron chi connectivity index (χ4n) is 5.11. The Morgan fingerprint density at radius 1 is 0.565 bits per heavy atom. The number of aliphatic hydroxyl groups is 2. The van der Waals surface area contributed by atoms with Gasteiger partial charge in [-0.1, -0.05) is 149 Å². The van der Waals surface area contributed by atoms with Crippen LogP contribution in [0.5, 0.6) is 0 Å². The molecule has 0 saturated carbocycles. The first-order valence-corrected chi connectivity index (χ1v) is 20.0. The Morgan fingerprint density at radius 2 is 0.935 bits per heavy atom. The van der Waals surface area contributed by atoms with Crippen molar-refractivity contribution in [2.75, 3.05) is 26.4 Å². The molecule has 274 valence electrons. The molecule has 0 amide bonds. The SMILES string of the molecule is CCCCCCCCCCCCCCCCC(=O)OC[C@H](COP(=O)(O)OC[C@@H](O)CO)OC(=O)CCCCCCCCCCC. The zero-order valence-corrected chi connectivity index (χ0v) is 30.2. The Kier molecular flexibility index (Phi) is 31.8. The Balaban J connectivity index is 4.32. The summed E-state index contributed by atoms with van der Waals surface area (Å²) < 4.78 is 32.5. The van der Waals surface area contributed by atoms with Gasteiger partial charge in [0.1, 0.15) is 12.7 Å². The van der Waals surface area contributed by atoms with Gasteiger partial charge in [-0.25, -0.2) is 4.57 Å². The Hall–Kier alpha value is -1.03. The second kappa shape index (κ2) is 32.5. The number of rotatable bonds is 35. The maximum Gasteiger partial charge on any atom is 0.472 e. The number of hydrogen-bond acceptors (Lipinski definition) is 9. The highest BCUT2D eigenvalue weighted by atomic mass is 31.2. The van der Waals surface area contributed by atoms with Gasteiger partial charge in [-0.05, 0) is 12.8 Å². The number of carbonyl (C=O) groups excluding carboxylic acids is 2. The lowest BCUT2D eigenvalue weighted by Gasteiger charge is -2.20. The first kappa shape index (κ1) is 45.0. The predicted octanol–water partition coefficient (Wildman–Crippen LogP) is 8.72. The number of phosphoric ester groups is 1. The van der Waals surface area contributed by atoms with Gasteiger partial charge in [0.15, 0.2) is 6.10 Å². The summed E-state index contributed by atoms with van der Waals surface area (Å²) in [7, 11) is -4.60. The number of unbranched alkanes of at least 4 members (excludes halogenated alkanes) is 21. The minimum atomic E-state index is -4.60. The van der Waals surface area contributed by atoms with Crippen molar-refractivity contribution in [2.24, 2.45) is 0 Å². The van der Waals surface area contributed by atoms with Crippen LogP contribution in [0, 0.1) is 0 Å². The smallest absolute Gasteiger partial charge is 0.462 e. The summed E-state index contributed by atoms with van der Waals surface area (Å²) in [5.41, 5.74) is 0. The summed E-state index contributed by atoms with van der Waals surface area (Å²) in [6.45, 7) is 2.35. The Morgan fingerprint density at radius 3 is 1.35 bits per heavy atom. The molecule has 0 aromatic carbocycles. The number of phosphoric acid groups is 1. The van der Waals surface area contributed by atoms with Crippen molar-refractivity contribution in [3.8, 4) is 0 Å². The number of aliphatic hydroxyl groups excluding tert-OH is 2. The quantitative estimate of drug-likeness (QED) is 0.0337. The molecule has 10 nitrogen and oxygen atoms in total. The number of esters is 2. The summed E-state index contributed by atoms with van der Waals surface area (Å²) in [5, 5.41) is 18.2. The van der Waals surface area contributed by atoms with Crippen LogP contribution in [0.4, 0.5) is 0 Å². The molecule has 3 N–H and O–H groups in total. The van der Waals surface area contributed by atoms with Gasteiger partial charge >= 0.3 is 19.8 Å². The van der Waals surface area contributed by atoms with Crippen LogP contribution in [0.25, 0.3) is 0 Å². The highest BCUT2D eigenvalue weighted by Gasteiger charge is 2.27. The monoisotopic (exact) mass is 680 g/mol. The topological polar surface area (TPSA) is 149 Å². The number of carbonyl (C=O) groups is 2. The average molecular weight is 681 g/mol. The van der Waals surface area contributed by atoms with E-state index in [0.29, 0.717) is 12.8 Å². The maximum atomic E-state index is 12.5. The van der Waals surface area contributed by atoms with Crippen molar-refractivity contribution in [1.29, 1.82) is 0 Å². The Labute approximate surface area is 280 Å². The molecule has 0 radical (unpaired) electrons. The molecule has 1 unspecified atom stereocenters. The largest absolute Gasteiger partial charge is 0.472 e. The fourth-order valence-corrected chi connectivity index (χ4v) is 5.90. The van der Waals surface area contributed by atoms with Crippen LogP contribution in [-0.2, 0) is 32.7 Å². The zero-order valence-electron chi connectivity index (χ0n) is 29.3. The van der Waals surface area contributed by atoms with E-state index in [2.05, 4.69) is 18.4 Å². The van der Waals surface area contributed by atoms with Crippen molar-refractivity contribution in [3.05, 3.63) is 0 Å². The molecule has 0 aromatic heterocycles. The van der Waals surface area contributed by atoms with Crippen molar-refractivity contribution < 1.29 is 47.8 Å². The lowest BCUT2D eigenvalue weighted by Crippen LogP contribution is -2.29. The molecule has 11 heteroatoms. The Bertz CT molecular complexity index is 751. The third kappa shape index (κ3) is 31.6. The molecule has 0 heterocycles. The molecule has 0 aliphatic carbocycles. The normalized spacial score (nSPS) is 14.1. The fraction of sp³-hybridized carbons (Fsp3) is 0.943. The summed E-state index contributed by atoms with van der Waals surface area (Å²) >= 11 is 0. The van der Waals surface area contributed by atoms with Crippen molar-refractivity contribution >= 4 is 19.8 Å². The molecular weight excluding hydrogens is 611 g/mol. The highest BCUT2D eigenvalue weighted by molar-refractivity contribution is 7.47. The minimum absolute atomic E-state index is 0.190. The van der Waals surface area contributed by atoms with E-state index < -0.39 is 51.8 Å². The van der Waals surface area contributed by atoms with Gasteiger partial charge in [0.25, 0.3) is 0 Å². The molecule has 0 spiro atoms. The van der Waals surface area contributed by atoms with Gasteiger partial charge in [-0.3, -0.25) is 18.6 Å². The molecule has 0 aliphatic heterocycles. The van der Waals surface area contributed by atoms with Crippen molar-refractivity contribution in [1.82, 2.24) is 0 Å². The van der Waals surface area contributed by atoms with Crippen LogP contribution >= 0.6 is 7.82 Å². The average Bonchev–Trinajstić information content (AvgIpc) is 3.04. The molecule has 0 aromatic rings. The van der Waals surface area contributed by atoms with Crippen LogP contribution in [0.2, 0.25) is 0 Å². The van der Waals surface area contributed by atoms with E-state index in [4.69, 9.17) is 19.1 Å². The van der Waals surface area contributed by atoms with Gasteiger partial charge in [0, 0.05) is 12.8 Å². The van der Waals surface area contributed by atoms with Gasteiger partial charge in [-0.15, -0.1) is 0 Å². The molecule has 3 atom stereocenters. The second-order valence-electron chi connectivity index (χ2n) is 12.6.